The van der Waals surface area contributed by atoms with Crippen molar-refractivity contribution in [2.75, 3.05) is 31.8 Å². The number of hydrogen-bond acceptors (Lipinski definition) is 8. The van der Waals surface area contributed by atoms with Crippen molar-refractivity contribution in [3.8, 4) is 17.4 Å². The van der Waals surface area contributed by atoms with E-state index in [-0.39, 0.29) is 12.2 Å². The van der Waals surface area contributed by atoms with Gasteiger partial charge >= 0.3 is 6.09 Å². The maximum absolute atomic E-state index is 12.4. The Morgan fingerprint density at radius 1 is 1.15 bits per heavy atom. The summed E-state index contributed by atoms with van der Waals surface area (Å²) in [5.41, 5.74) is 2.84. The number of fused-ring (bicyclic) bond motifs is 2. The molecule has 1 saturated heterocycles. The van der Waals surface area contributed by atoms with Crippen LogP contribution in [0.25, 0.3) is 11.0 Å². The number of benzene rings is 1. The summed E-state index contributed by atoms with van der Waals surface area (Å²) in [6, 6.07) is 10.9. The standard InChI is InChI=1S/C25H27N3O6/c1-31-23-9-7-19-24(27-23)18(10-11-26-19)20(29)5-3-2-4-17-15-28(25(30)34-17)16-6-8-21-22(14-16)33-13-12-32-21/h6-11,14,17,20,29H,2-5,12-13,15H2,1H3. The summed E-state index contributed by atoms with van der Waals surface area (Å²) < 4.78 is 21.9. The number of cyclic esters (lactones) is 1. The second-order valence-electron chi connectivity index (χ2n) is 8.37. The van der Waals surface area contributed by atoms with Gasteiger partial charge in [0.15, 0.2) is 11.5 Å². The van der Waals surface area contributed by atoms with E-state index in [1.807, 2.05) is 24.3 Å². The Labute approximate surface area is 197 Å². The third-order valence-electron chi connectivity index (χ3n) is 6.12. The van der Waals surface area contributed by atoms with Crippen LogP contribution in [0, 0.1) is 0 Å². The number of anilines is 1. The van der Waals surface area contributed by atoms with Crippen LogP contribution in [-0.2, 0) is 4.74 Å². The summed E-state index contributed by atoms with van der Waals surface area (Å²) in [5.74, 6) is 1.82. The molecule has 0 spiro atoms. The molecule has 1 N–H and O–H groups in total. The number of rotatable bonds is 8. The van der Waals surface area contributed by atoms with Crippen molar-refractivity contribution in [2.24, 2.45) is 0 Å². The van der Waals surface area contributed by atoms with Gasteiger partial charge in [-0.05, 0) is 43.5 Å². The van der Waals surface area contributed by atoms with Crippen molar-refractivity contribution in [1.29, 1.82) is 0 Å². The van der Waals surface area contributed by atoms with Crippen molar-refractivity contribution >= 4 is 22.8 Å². The smallest absolute Gasteiger partial charge is 0.414 e. The molecule has 178 valence electrons. The van der Waals surface area contributed by atoms with Gasteiger partial charge in [-0.1, -0.05) is 6.42 Å². The van der Waals surface area contributed by atoms with Gasteiger partial charge < -0.3 is 24.1 Å². The maximum atomic E-state index is 12.4. The molecular weight excluding hydrogens is 438 g/mol. The van der Waals surface area contributed by atoms with E-state index >= 15 is 0 Å². The van der Waals surface area contributed by atoms with E-state index in [4.69, 9.17) is 18.9 Å². The molecule has 2 aromatic heterocycles. The highest BCUT2D eigenvalue weighted by Gasteiger charge is 2.32. The predicted octanol–water partition coefficient (Wildman–Crippen LogP) is 4.03. The molecule has 1 fully saturated rings. The highest BCUT2D eigenvalue weighted by Crippen LogP contribution is 2.35. The van der Waals surface area contributed by atoms with Crippen molar-refractivity contribution in [2.45, 2.75) is 37.9 Å². The summed E-state index contributed by atoms with van der Waals surface area (Å²) in [7, 11) is 1.56. The molecule has 3 aromatic rings. The van der Waals surface area contributed by atoms with Gasteiger partial charge in [-0.15, -0.1) is 0 Å². The number of nitrogens with zero attached hydrogens (tertiary/aromatic N) is 3. The molecule has 2 aliphatic heterocycles. The van der Waals surface area contributed by atoms with E-state index in [0.29, 0.717) is 49.1 Å². The second-order valence-corrected chi connectivity index (χ2v) is 8.37. The van der Waals surface area contributed by atoms with Crippen LogP contribution < -0.4 is 19.1 Å². The third kappa shape index (κ3) is 4.56. The first-order valence-corrected chi connectivity index (χ1v) is 11.5. The van der Waals surface area contributed by atoms with Crippen LogP contribution in [0.1, 0.15) is 37.4 Å². The first kappa shape index (κ1) is 22.2. The molecule has 2 atom stereocenters. The molecule has 2 aliphatic rings. The average molecular weight is 466 g/mol. The van der Waals surface area contributed by atoms with Crippen molar-refractivity contribution in [3.05, 3.63) is 48.2 Å². The summed E-state index contributed by atoms with van der Waals surface area (Å²) in [6.45, 7) is 1.50. The molecule has 1 aromatic carbocycles. The van der Waals surface area contributed by atoms with Gasteiger partial charge in [0.1, 0.15) is 19.3 Å². The number of aliphatic hydroxyl groups excluding tert-OH is 1. The maximum Gasteiger partial charge on any atom is 0.414 e. The normalized spacial score (nSPS) is 18.1. The lowest BCUT2D eigenvalue weighted by atomic mass is 10.0. The zero-order valence-corrected chi connectivity index (χ0v) is 19.0. The van der Waals surface area contributed by atoms with Gasteiger partial charge in [0, 0.05) is 23.9 Å². The number of ether oxygens (including phenoxy) is 4. The van der Waals surface area contributed by atoms with Crippen molar-refractivity contribution < 1.29 is 28.8 Å². The fourth-order valence-corrected chi connectivity index (χ4v) is 4.36. The van der Waals surface area contributed by atoms with Gasteiger partial charge in [0.25, 0.3) is 0 Å². The van der Waals surface area contributed by atoms with Crippen LogP contribution in [0.15, 0.2) is 42.6 Å². The Morgan fingerprint density at radius 3 is 2.85 bits per heavy atom. The number of hydrogen-bond donors (Lipinski definition) is 1. The van der Waals surface area contributed by atoms with Crippen LogP contribution in [-0.4, -0.2) is 54.1 Å². The molecular formula is C25H27N3O6. The molecule has 1 amide bonds. The molecule has 0 saturated carbocycles. The van der Waals surface area contributed by atoms with Gasteiger partial charge in [-0.25, -0.2) is 9.78 Å². The van der Waals surface area contributed by atoms with E-state index in [2.05, 4.69) is 9.97 Å². The molecule has 9 nitrogen and oxygen atoms in total. The Bertz CT molecular complexity index is 1190. The van der Waals surface area contributed by atoms with Crippen LogP contribution in [0.5, 0.6) is 17.4 Å². The van der Waals surface area contributed by atoms with Crippen LogP contribution >= 0.6 is 0 Å². The number of aliphatic hydroxyl groups is 1. The lowest BCUT2D eigenvalue weighted by molar-refractivity contribution is 0.131. The molecule has 5 rings (SSSR count). The predicted molar refractivity (Wildman–Crippen MR) is 125 cm³/mol. The first-order valence-electron chi connectivity index (χ1n) is 11.5. The van der Waals surface area contributed by atoms with Crippen molar-refractivity contribution in [1.82, 2.24) is 9.97 Å². The SMILES string of the molecule is COc1ccc2nccc(C(O)CCCCC3CN(c4ccc5c(c4)OCCO5)C(=O)O3)c2n1. The van der Waals surface area contributed by atoms with Gasteiger partial charge in [0.2, 0.25) is 5.88 Å². The minimum Gasteiger partial charge on any atom is -0.486 e. The van der Waals surface area contributed by atoms with Gasteiger partial charge in [-0.3, -0.25) is 9.88 Å². The van der Waals surface area contributed by atoms with E-state index < -0.39 is 6.10 Å². The molecule has 9 heteroatoms. The van der Waals surface area contributed by atoms with E-state index in [9.17, 15) is 9.90 Å². The molecule has 0 bridgehead atoms. The second kappa shape index (κ2) is 9.72. The van der Waals surface area contributed by atoms with E-state index in [0.717, 1.165) is 36.0 Å². The number of amides is 1. The monoisotopic (exact) mass is 465 g/mol. The molecule has 0 aliphatic carbocycles. The zero-order chi connectivity index (χ0) is 23.5. The quantitative estimate of drug-likeness (QED) is 0.498. The highest BCUT2D eigenvalue weighted by molar-refractivity contribution is 5.90. The molecule has 0 radical (unpaired) electrons. The fourth-order valence-electron chi connectivity index (χ4n) is 4.36. The highest BCUT2D eigenvalue weighted by atomic mass is 16.6. The fraction of sp³-hybridized carbons (Fsp3) is 0.400. The molecule has 4 heterocycles. The third-order valence-corrected chi connectivity index (χ3v) is 6.12. The number of unbranched alkanes of at least 4 members (excludes halogenated alkanes) is 1. The topological polar surface area (TPSA) is 103 Å². The van der Waals surface area contributed by atoms with Crippen LogP contribution in [0.2, 0.25) is 0 Å². The summed E-state index contributed by atoms with van der Waals surface area (Å²) in [5, 5.41) is 10.8. The number of aromatic nitrogens is 2. The Balaban J connectivity index is 1.14. The molecule has 2 unspecified atom stereocenters. The number of methoxy groups -OCH3 is 1. The lowest BCUT2D eigenvalue weighted by Crippen LogP contribution is -2.25. The summed E-state index contributed by atoms with van der Waals surface area (Å²) in [4.78, 5) is 22.8. The largest absolute Gasteiger partial charge is 0.486 e. The number of carbonyl (C=O) groups excluding carboxylic acids is 1. The number of carbonyl (C=O) groups is 1. The van der Waals surface area contributed by atoms with Crippen LogP contribution in [0.3, 0.4) is 0 Å². The number of pyridine rings is 2. The Hall–Kier alpha value is -3.59. The summed E-state index contributed by atoms with van der Waals surface area (Å²) in [6.07, 6.45) is 3.38. The average Bonchev–Trinajstić information content (AvgIpc) is 3.25. The van der Waals surface area contributed by atoms with E-state index in [1.165, 1.54) is 0 Å². The van der Waals surface area contributed by atoms with Crippen LogP contribution in [0.4, 0.5) is 10.5 Å². The minimum atomic E-state index is -0.662. The van der Waals surface area contributed by atoms with E-state index in [1.54, 1.807) is 30.3 Å². The van der Waals surface area contributed by atoms with Gasteiger partial charge in [0.05, 0.1) is 36.5 Å². The Morgan fingerprint density at radius 2 is 2.00 bits per heavy atom. The first-order chi connectivity index (χ1) is 16.6. The zero-order valence-electron chi connectivity index (χ0n) is 19.0. The summed E-state index contributed by atoms with van der Waals surface area (Å²) >= 11 is 0. The minimum absolute atomic E-state index is 0.189. The molecule has 34 heavy (non-hydrogen) atoms. The lowest BCUT2D eigenvalue weighted by Gasteiger charge is -2.21. The Kier molecular flexibility index (Phi) is 6.35. The van der Waals surface area contributed by atoms with Gasteiger partial charge in [-0.2, -0.15) is 0 Å². The van der Waals surface area contributed by atoms with Crippen molar-refractivity contribution in [3.63, 3.8) is 0 Å².